The highest BCUT2D eigenvalue weighted by molar-refractivity contribution is 5.41. The maximum atomic E-state index is 5.90. The Bertz CT molecular complexity index is 405. The first-order valence-corrected chi connectivity index (χ1v) is 5.45. The van der Waals surface area contributed by atoms with Crippen LogP contribution in [0.5, 0.6) is 11.5 Å². The van der Waals surface area contributed by atoms with Crippen LogP contribution in [-0.4, -0.2) is 36.7 Å². The van der Waals surface area contributed by atoms with E-state index in [1.54, 1.807) is 0 Å². The predicted molar refractivity (Wildman–Crippen MR) is 60.5 cm³/mol. The molecule has 1 fully saturated rings. The predicted octanol–water partition coefficient (Wildman–Crippen LogP) is 1.14. The lowest BCUT2D eigenvalue weighted by molar-refractivity contribution is 0.0552. The molecule has 82 valence electrons. The molecule has 1 aromatic carbocycles. The summed E-state index contributed by atoms with van der Waals surface area (Å²) in [6.45, 7) is 2.36. The van der Waals surface area contributed by atoms with E-state index in [2.05, 4.69) is 10.8 Å². The summed E-state index contributed by atoms with van der Waals surface area (Å²) in [6.07, 6.45) is 5.54. The Balaban J connectivity index is 1.79. The van der Waals surface area contributed by atoms with Gasteiger partial charge in [0.2, 0.25) is 0 Å². The quantitative estimate of drug-likeness (QED) is 0.656. The van der Waals surface area contributed by atoms with Crippen molar-refractivity contribution in [3.8, 4) is 23.8 Å². The average molecular weight is 215 g/mol. The summed E-state index contributed by atoms with van der Waals surface area (Å²) in [6, 6.07) is 7.79. The first kappa shape index (κ1) is 9.56. The van der Waals surface area contributed by atoms with Crippen molar-refractivity contribution in [2.24, 2.45) is 0 Å². The maximum absolute atomic E-state index is 5.90. The Morgan fingerprint density at radius 2 is 1.75 bits per heavy atom. The van der Waals surface area contributed by atoms with Gasteiger partial charge in [0, 0.05) is 13.1 Å². The van der Waals surface area contributed by atoms with Gasteiger partial charge in [-0.3, -0.25) is 4.90 Å². The smallest absolute Gasteiger partial charge is 0.161 e. The van der Waals surface area contributed by atoms with E-state index in [9.17, 15) is 0 Å². The molecule has 0 radical (unpaired) electrons. The van der Waals surface area contributed by atoms with Crippen LogP contribution in [0.4, 0.5) is 0 Å². The van der Waals surface area contributed by atoms with Gasteiger partial charge in [-0.25, -0.2) is 0 Å². The van der Waals surface area contributed by atoms with Crippen molar-refractivity contribution in [2.75, 3.05) is 19.6 Å². The zero-order chi connectivity index (χ0) is 11.0. The summed E-state index contributed by atoms with van der Waals surface area (Å²) in [7, 11) is 0. The SMILES string of the molecule is C#CCN1C[C@@H]2Oc3ccccc3O[C@H]2C1. The molecule has 0 unspecified atom stereocenters. The number of benzene rings is 1. The van der Waals surface area contributed by atoms with E-state index >= 15 is 0 Å². The van der Waals surface area contributed by atoms with E-state index in [4.69, 9.17) is 15.9 Å². The highest BCUT2D eigenvalue weighted by Crippen LogP contribution is 2.35. The molecule has 2 aliphatic heterocycles. The van der Waals surface area contributed by atoms with Crippen molar-refractivity contribution in [1.29, 1.82) is 0 Å². The monoisotopic (exact) mass is 215 g/mol. The molecule has 1 saturated heterocycles. The van der Waals surface area contributed by atoms with Crippen LogP contribution in [0.15, 0.2) is 24.3 Å². The lowest BCUT2D eigenvalue weighted by atomic mass is 10.2. The lowest BCUT2D eigenvalue weighted by Gasteiger charge is -2.28. The van der Waals surface area contributed by atoms with Crippen LogP contribution in [0, 0.1) is 12.3 Å². The highest BCUT2D eigenvalue weighted by atomic mass is 16.6. The van der Waals surface area contributed by atoms with Crippen LogP contribution in [0.25, 0.3) is 0 Å². The van der Waals surface area contributed by atoms with E-state index in [-0.39, 0.29) is 12.2 Å². The standard InChI is InChI=1S/C13H13NO2/c1-2-7-14-8-12-13(9-14)16-11-6-4-3-5-10(11)15-12/h1,3-6,12-13H,7-9H2/t12-,13-/m0/s1. The molecule has 2 aliphatic rings. The third-order valence-electron chi connectivity index (χ3n) is 3.01. The van der Waals surface area contributed by atoms with Crippen molar-refractivity contribution >= 4 is 0 Å². The van der Waals surface area contributed by atoms with Crippen molar-refractivity contribution in [2.45, 2.75) is 12.2 Å². The molecule has 3 rings (SSSR count). The van der Waals surface area contributed by atoms with Gasteiger partial charge in [-0.1, -0.05) is 18.1 Å². The number of hydrogen-bond donors (Lipinski definition) is 0. The van der Waals surface area contributed by atoms with Crippen molar-refractivity contribution in [3.05, 3.63) is 24.3 Å². The third-order valence-corrected chi connectivity index (χ3v) is 3.01. The van der Waals surface area contributed by atoms with Gasteiger partial charge in [-0.05, 0) is 12.1 Å². The summed E-state index contributed by atoms with van der Waals surface area (Å²) in [5.41, 5.74) is 0. The first-order chi connectivity index (χ1) is 7.86. The fraction of sp³-hybridized carbons (Fsp3) is 0.385. The van der Waals surface area contributed by atoms with Crippen LogP contribution in [-0.2, 0) is 0 Å². The summed E-state index contributed by atoms with van der Waals surface area (Å²) < 4.78 is 11.8. The fourth-order valence-corrected chi connectivity index (χ4v) is 2.27. The molecule has 3 heteroatoms. The minimum absolute atomic E-state index is 0.114. The molecule has 0 spiro atoms. The molecule has 1 aromatic rings. The molecule has 0 aliphatic carbocycles. The van der Waals surface area contributed by atoms with Gasteiger partial charge in [0.25, 0.3) is 0 Å². The number of para-hydroxylation sites is 2. The Morgan fingerprint density at radius 1 is 1.19 bits per heavy atom. The van der Waals surface area contributed by atoms with E-state index in [1.165, 1.54) is 0 Å². The van der Waals surface area contributed by atoms with E-state index < -0.39 is 0 Å². The Morgan fingerprint density at radius 3 is 2.25 bits per heavy atom. The van der Waals surface area contributed by atoms with Gasteiger partial charge < -0.3 is 9.47 Å². The average Bonchev–Trinajstić information content (AvgIpc) is 2.67. The summed E-state index contributed by atoms with van der Waals surface area (Å²) in [5, 5.41) is 0. The van der Waals surface area contributed by atoms with Crippen LogP contribution < -0.4 is 9.47 Å². The molecule has 2 heterocycles. The van der Waals surface area contributed by atoms with Gasteiger partial charge in [-0.2, -0.15) is 0 Å². The Labute approximate surface area is 95.0 Å². The van der Waals surface area contributed by atoms with Gasteiger partial charge >= 0.3 is 0 Å². The highest BCUT2D eigenvalue weighted by Gasteiger charge is 2.39. The number of fused-ring (bicyclic) bond motifs is 2. The number of hydrogen-bond acceptors (Lipinski definition) is 3. The minimum atomic E-state index is 0.114. The van der Waals surface area contributed by atoms with Gasteiger partial charge in [0.1, 0.15) is 12.2 Å². The molecular formula is C13H13NO2. The summed E-state index contributed by atoms with van der Waals surface area (Å²) in [5.74, 6) is 4.33. The first-order valence-electron chi connectivity index (χ1n) is 5.45. The second-order valence-electron chi connectivity index (χ2n) is 4.16. The normalized spacial score (nSPS) is 27.2. The molecule has 2 atom stereocenters. The molecular weight excluding hydrogens is 202 g/mol. The molecule has 0 saturated carbocycles. The molecule has 3 nitrogen and oxygen atoms in total. The van der Waals surface area contributed by atoms with Crippen molar-refractivity contribution < 1.29 is 9.47 Å². The summed E-state index contributed by atoms with van der Waals surface area (Å²) in [4.78, 5) is 2.18. The second-order valence-corrected chi connectivity index (χ2v) is 4.16. The van der Waals surface area contributed by atoms with Crippen molar-refractivity contribution in [3.63, 3.8) is 0 Å². The number of likely N-dealkylation sites (tertiary alicyclic amines) is 1. The third kappa shape index (κ3) is 1.52. The molecule has 0 amide bonds. The molecule has 16 heavy (non-hydrogen) atoms. The molecule has 0 bridgehead atoms. The number of rotatable bonds is 1. The van der Waals surface area contributed by atoms with Gasteiger partial charge in [-0.15, -0.1) is 6.42 Å². The number of terminal acetylenes is 1. The topological polar surface area (TPSA) is 21.7 Å². The largest absolute Gasteiger partial charge is 0.481 e. The zero-order valence-corrected chi connectivity index (χ0v) is 8.93. The van der Waals surface area contributed by atoms with E-state index in [0.29, 0.717) is 6.54 Å². The maximum Gasteiger partial charge on any atom is 0.161 e. The fourth-order valence-electron chi connectivity index (χ4n) is 2.27. The second kappa shape index (κ2) is 3.73. The van der Waals surface area contributed by atoms with Crippen LogP contribution in [0.2, 0.25) is 0 Å². The Hall–Kier alpha value is -1.66. The van der Waals surface area contributed by atoms with Gasteiger partial charge in [0.05, 0.1) is 6.54 Å². The number of ether oxygens (including phenoxy) is 2. The van der Waals surface area contributed by atoms with Crippen molar-refractivity contribution in [1.82, 2.24) is 4.90 Å². The minimum Gasteiger partial charge on any atom is -0.481 e. The van der Waals surface area contributed by atoms with E-state index in [1.807, 2.05) is 24.3 Å². The lowest BCUT2D eigenvalue weighted by Crippen LogP contribution is -2.38. The molecule has 0 N–H and O–H groups in total. The molecule has 0 aromatic heterocycles. The van der Waals surface area contributed by atoms with Crippen LogP contribution in [0.1, 0.15) is 0 Å². The van der Waals surface area contributed by atoms with E-state index in [0.717, 1.165) is 24.6 Å². The Kier molecular flexibility index (Phi) is 2.23. The van der Waals surface area contributed by atoms with Crippen LogP contribution in [0.3, 0.4) is 0 Å². The van der Waals surface area contributed by atoms with Gasteiger partial charge in [0.15, 0.2) is 11.5 Å². The van der Waals surface area contributed by atoms with Crippen LogP contribution >= 0.6 is 0 Å². The summed E-state index contributed by atoms with van der Waals surface area (Å²) >= 11 is 0. The zero-order valence-electron chi connectivity index (χ0n) is 8.93. The number of nitrogens with zero attached hydrogens (tertiary/aromatic N) is 1.